The first kappa shape index (κ1) is 16.0. The van der Waals surface area contributed by atoms with Crippen molar-refractivity contribution in [1.82, 2.24) is 9.97 Å². The lowest BCUT2D eigenvalue weighted by molar-refractivity contribution is 0.218. The minimum absolute atomic E-state index is 0.345. The van der Waals surface area contributed by atoms with Crippen LogP contribution in [-0.4, -0.2) is 16.5 Å². The third-order valence-corrected chi connectivity index (χ3v) is 5.97. The largest absolute Gasteiger partial charge is 0.369 e. The first-order valence-electron chi connectivity index (χ1n) is 8.11. The molecule has 1 aliphatic carbocycles. The summed E-state index contributed by atoms with van der Waals surface area (Å²) in [7, 11) is 0. The third kappa shape index (κ3) is 2.95. The minimum atomic E-state index is 0.345. The van der Waals surface area contributed by atoms with Gasteiger partial charge in [0.05, 0.1) is 5.39 Å². The zero-order valence-corrected chi connectivity index (χ0v) is 15.4. The molecule has 0 spiro atoms. The maximum Gasteiger partial charge on any atom is 0.225 e. The van der Waals surface area contributed by atoms with E-state index in [4.69, 9.17) is 11.6 Å². The molecule has 2 aromatic rings. The number of anilines is 1. The molecule has 3 rings (SSSR count). The number of hydrogen-bond acceptors (Lipinski definition) is 4. The van der Waals surface area contributed by atoms with Crippen LogP contribution in [0.15, 0.2) is 0 Å². The van der Waals surface area contributed by atoms with Crippen molar-refractivity contribution < 1.29 is 0 Å². The summed E-state index contributed by atoms with van der Waals surface area (Å²) in [5.41, 5.74) is 1.82. The molecule has 0 amide bonds. The van der Waals surface area contributed by atoms with Crippen LogP contribution in [0.3, 0.4) is 0 Å². The molecular formula is C17H24ClN3S. The van der Waals surface area contributed by atoms with Gasteiger partial charge in [0.1, 0.15) is 10.6 Å². The summed E-state index contributed by atoms with van der Waals surface area (Å²) in [5, 5.41) is 4.98. The van der Waals surface area contributed by atoms with E-state index in [1.165, 1.54) is 22.2 Å². The number of aryl methyl sites for hydroxylation is 1. The molecule has 2 heterocycles. The summed E-state index contributed by atoms with van der Waals surface area (Å²) >= 11 is 7.92. The third-order valence-electron chi connectivity index (χ3n) is 4.65. The van der Waals surface area contributed by atoms with Crippen molar-refractivity contribution in [1.29, 1.82) is 0 Å². The molecule has 1 atom stereocenters. The van der Waals surface area contributed by atoms with Crippen molar-refractivity contribution in [3.63, 3.8) is 0 Å². The normalized spacial score (nSPS) is 18.5. The standard InChI is InChI=1S/C17H24ClN3S/c1-5-8-19-14-13-11-7-6-10(17(2,3)4)9-12(11)22-15(13)21-16(18)20-14/h10H,5-9H2,1-4H3,(H,19,20,21). The highest BCUT2D eigenvalue weighted by atomic mass is 35.5. The van der Waals surface area contributed by atoms with Crippen LogP contribution >= 0.6 is 22.9 Å². The number of fused-ring (bicyclic) bond motifs is 3. The van der Waals surface area contributed by atoms with Gasteiger partial charge in [-0.15, -0.1) is 11.3 Å². The van der Waals surface area contributed by atoms with E-state index in [1.54, 1.807) is 11.3 Å². The summed E-state index contributed by atoms with van der Waals surface area (Å²) in [5.74, 6) is 1.66. The Morgan fingerprint density at radius 3 is 2.77 bits per heavy atom. The van der Waals surface area contributed by atoms with E-state index in [9.17, 15) is 0 Å². The molecule has 0 saturated heterocycles. The lowest BCUT2D eigenvalue weighted by Gasteiger charge is -2.33. The number of thiophene rings is 1. The molecule has 2 aromatic heterocycles. The second kappa shape index (κ2) is 5.97. The lowest BCUT2D eigenvalue weighted by atomic mass is 9.72. The molecule has 0 bridgehead atoms. The van der Waals surface area contributed by atoms with E-state index in [1.807, 2.05) is 0 Å². The zero-order valence-electron chi connectivity index (χ0n) is 13.8. The van der Waals surface area contributed by atoms with Crippen LogP contribution in [0.25, 0.3) is 10.2 Å². The Labute approximate surface area is 141 Å². The van der Waals surface area contributed by atoms with Crippen molar-refractivity contribution in [3.8, 4) is 0 Å². The van der Waals surface area contributed by atoms with E-state index < -0.39 is 0 Å². The van der Waals surface area contributed by atoms with Gasteiger partial charge in [0.2, 0.25) is 5.28 Å². The summed E-state index contributed by atoms with van der Waals surface area (Å²) in [6.07, 6.45) is 4.60. The monoisotopic (exact) mass is 337 g/mol. The Kier molecular flexibility index (Phi) is 4.34. The maximum absolute atomic E-state index is 6.11. The van der Waals surface area contributed by atoms with Gasteiger partial charge >= 0.3 is 0 Å². The van der Waals surface area contributed by atoms with Gasteiger partial charge in [0.25, 0.3) is 0 Å². The molecule has 120 valence electrons. The van der Waals surface area contributed by atoms with Crippen molar-refractivity contribution in [2.24, 2.45) is 11.3 Å². The van der Waals surface area contributed by atoms with Gasteiger partial charge in [-0.05, 0) is 54.2 Å². The second-order valence-corrected chi connectivity index (χ2v) is 8.68. The maximum atomic E-state index is 6.11. The molecule has 0 fully saturated rings. The van der Waals surface area contributed by atoms with Gasteiger partial charge in [-0.1, -0.05) is 27.7 Å². The van der Waals surface area contributed by atoms with Crippen LogP contribution in [0.2, 0.25) is 5.28 Å². The van der Waals surface area contributed by atoms with E-state index >= 15 is 0 Å². The number of nitrogens with one attached hydrogen (secondary N) is 1. The fourth-order valence-corrected chi connectivity index (χ4v) is 4.78. The fourth-order valence-electron chi connectivity index (χ4n) is 3.26. The molecule has 0 saturated carbocycles. The summed E-state index contributed by atoms with van der Waals surface area (Å²) in [6, 6.07) is 0. The van der Waals surface area contributed by atoms with Crippen molar-refractivity contribution >= 4 is 39.0 Å². The quantitative estimate of drug-likeness (QED) is 0.770. The molecule has 3 nitrogen and oxygen atoms in total. The van der Waals surface area contributed by atoms with Crippen LogP contribution in [0, 0.1) is 11.3 Å². The SMILES string of the molecule is CCCNc1nc(Cl)nc2sc3c(c12)CCC(C(C)(C)C)C3. The average molecular weight is 338 g/mol. The molecule has 22 heavy (non-hydrogen) atoms. The summed E-state index contributed by atoms with van der Waals surface area (Å²) < 4.78 is 0. The first-order chi connectivity index (χ1) is 10.4. The van der Waals surface area contributed by atoms with Gasteiger partial charge in [0, 0.05) is 11.4 Å². The van der Waals surface area contributed by atoms with Gasteiger partial charge in [-0.25, -0.2) is 9.97 Å². The Hall–Kier alpha value is -0.870. The van der Waals surface area contributed by atoms with Crippen LogP contribution in [0.5, 0.6) is 0 Å². The highest BCUT2D eigenvalue weighted by Crippen LogP contribution is 2.44. The van der Waals surface area contributed by atoms with Gasteiger partial charge < -0.3 is 5.32 Å². The number of hydrogen-bond donors (Lipinski definition) is 1. The molecule has 0 radical (unpaired) electrons. The van der Waals surface area contributed by atoms with Crippen LogP contribution in [0.1, 0.15) is 51.0 Å². The number of aromatic nitrogens is 2. The average Bonchev–Trinajstić information content (AvgIpc) is 2.80. The van der Waals surface area contributed by atoms with E-state index in [-0.39, 0.29) is 0 Å². The van der Waals surface area contributed by atoms with E-state index in [2.05, 4.69) is 43.0 Å². The molecular weight excluding hydrogens is 314 g/mol. The first-order valence-corrected chi connectivity index (χ1v) is 9.31. The number of halogens is 1. The Morgan fingerprint density at radius 2 is 2.09 bits per heavy atom. The Bertz CT molecular complexity index is 687. The van der Waals surface area contributed by atoms with Crippen LogP contribution in [-0.2, 0) is 12.8 Å². The van der Waals surface area contributed by atoms with Crippen molar-refractivity contribution in [3.05, 3.63) is 15.7 Å². The predicted molar refractivity (Wildman–Crippen MR) is 96.2 cm³/mol. The highest BCUT2D eigenvalue weighted by Gasteiger charge is 2.31. The lowest BCUT2D eigenvalue weighted by Crippen LogP contribution is -2.26. The van der Waals surface area contributed by atoms with Gasteiger partial charge in [-0.3, -0.25) is 0 Å². The Morgan fingerprint density at radius 1 is 1.32 bits per heavy atom. The molecule has 1 unspecified atom stereocenters. The zero-order chi connectivity index (χ0) is 15.9. The molecule has 1 aliphatic rings. The number of nitrogens with zero attached hydrogens (tertiary/aromatic N) is 2. The molecule has 5 heteroatoms. The summed E-state index contributed by atoms with van der Waals surface area (Å²) in [6.45, 7) is 10.1. The van der Waals surface area contributed by atoms with Crippen molar-refractivity contribution in [2.75, 3.05) is 11.9 Å². The molecule has 0 aliphatic heterocycles. The smallest absolute Gasteiger partial charge is 0.225 e. The minimum Gasteiger partial charge on any atom is -0.369 e. The van der Waals surface area contributed by atoms with Crippen LogP contribution in [0.4, 0.5) is 5.82 Å². The van der Waals surface area contributed by atoms with Gasteiger partial charge in [-0.2, -0.15) is 0 Å². The number of rotatable bonds is 3. The second-order valence-electron chi connectivity index (χ2n) is 7.26. The topological polar surface area (TPSA) is 37.8 Å². The van der Waals surface area contributed by atoms with Crippen molar-refractivity contribution in [2.45, 2.75) is 53.4 Å². The van der Waals surface area contributed by atoms with Gasteiger partial charge in [0.15, 0.2) is 0 Å². The molecule has 0 aromatic carbocycles. The highest BCUT2D eigenvalue weighted by molar-refractivity contribution is 7.19. The van der Waals surface area contributed by atoms with E-state index in [0.717, 1.165) is 42.4 Å². The molecule has 1 N–H and O–H groups in total. The Balaban J connectivity index is 2.05. The van der Waals surface area contributed by atoms with E-state index in [0.29, 0.717) is 10.7 Å². The predicted octanol–water partition coefficient (Wildman–Crippen LogP) is 5.32. The summed E-state index contributed by atoms with van der Waals surface area (Å²) in [4.78, 5) is 11.4. The van der Waals surface area contributed by atoms with Crippen LogP contribution < -0.4 is 5.32 Å². The fraction of sp³-hybridized carbons (Fsp3) is 0.647.